The van der Waals surface area contributed by atoms with Crippen LogP contribution < -0.4 is 66.8 Å². The Labute approximate surface area is 722 Å². The van der Waals surface area contributed by atoms with Crippen molar-refractivity contribution in [3.63, 3.8) is 0 Å². The van der Waals surface area contributed by atoms with Crippen LogP contribution in [0.25, 0.3) is 0 Å². The van der Waals surface area contributed by atoms with E-state index in [2.05, 4.69) is 508 Å². The van der Waals surface area contributed by atoms with Crippen LogP contribution in [-0.2, 0) is 6.42 Å². The molecule has 0 bridgehead atoms. The maximum absolute atomic E-state index is 6.80. The summed E-state index contributed by atoms with van der Waals surface area (Å²) in [5.41, 5.74) is 25.8. The summed E-state index contributed by atoms with van der Waals surface area (Å²) < 4.78 is 13.9. The second-order valence-corrected chi connectivity index (χ2v) is 30.2. The Kier molecular flexibility index (Phi) is 25.2. The molecule has 579 valence electrons. The minimum atomic E-state index is 0. The molecule has 0 spiro atoms. The maximum atomic E-state index is 6.80. The summed E-state index contributed by atoms with van der Waals surface area (Å²) in [5, 5.41) is 0. The van der Waals surface area contributed by atoms with E-state index in [1.807, 2.05) is 18.2 Å². The molecule has 2 aliphatic heterocycles. The molecule has 18 aromatic rings. The van der Waals surface area contributed by atoms with E-state index >= 15 is 0 Å². The zero-order valence-electron chi connectivity index (χ0n) is 66.1. The highest BCUT2D eigenvalue weighted by molar-refractivity contribution is 9.10. The van der Waals surface area contributed by atoms with Gasteiger partial charge in [-0.25, -0.2) is 0 Å². The number of halogens is 1. The van der Waals surface area contributed by atoms with Crippen molar-refractivity contribution in [3.05, 3.63) is 501 Å². The summed E-state index contributed by atoms with van der Waals surface area (Å²) in [6.07, 6.45) is 0.844. The van der Waals surface area contributed by atoms with Gasteiger partial charge in [0.2, 0.25) is 0 Å². The van der Waals surface area contributed by atoms with Crippen LogP contribution in [-0.4, -0.2) is 21.8 Å². The van der Waals surface area contributed by atoms with Crippen molar-refractivity contribution in [1.82, 2.24) is 0 Å². The van der Waals surface area contributed by atoms with Crippen molar-refractivity contribution in [2.45, 2.75) is 13.8 Å². The molecule has 20 rings (SSSR count). The molecule has 0 aromatic heterocycles. The smallest absolute Gasteiger partial charge is 0.250 e. The van der Waals surface area contributed by atoms with Gasteiger partial charge < -0.3 is 34.0 Å². The van der Waals surface area contributed by atoms with Crippen LogP contribution in [0.4, 0.5) is 85.3 Å². The van der Waals surface area contributed by atoms with Gasteiger partial charge in [-0.2, -0.15) is 0 Å². The van der Waals surface area contributed by atoms with Crippen LogP contribution in [0.5, 0.6) is 23.0 Å². The van der Waals surface area contributed by atoms with Gasteiger partial charge in [-0.15, -0.1) is 0 Å². The van der Waals surface area contributed by atoms with E-state index in [4.69, 9.17) is 9.47 Å². The molecule has 0 saturated heterocycles. The molecule has 2 aliphatic rings. The van der Waals surface area contributed by atoms with Crippen molar-refractivity contribution >= 4 is 156 Å². The van der Waals surface area contributed by atoms with Gasteiger partial charge in [0.15, 0.2) is 0 Å². The molecule has 11 heteroatoms. The summed E-state index contributed by atoms with van der Waals surface area (Å²) in [4.78, 5) is 11.7. The second-order valence-electron chi connectivity index (χ2n) is 29.3. The van der Waals surface area contributed by atoms with E-state index in [0.717, 1.165) is 125 Å². The normalized spacial score (nSPS) is 11.2. The lowest BCUT2D eigenvalue weighted by Gasteiger charge is -2.33. The lowest BCUT2D eigenvalue weighted by atomic mass is 9.36. The van der Waals surface area contributed by atoms with Crippen LogP contribution in [0.15, 0.2) is 490 Å². The summed E-state index contributed by atoms with van der Waals surface area (Å²) in [5.74, 6) is 3.59. The minimum absolute atomic E-state index is 0. The van der Waals surface area contributed by atoms with Gasteiger partial charge in [0.05, 0.1) is 17.1 Å². The number of anilines is 15. The third-order valence-electron chi connectivity index (χ3n) is 21.5. The van der Waals surface area contributed by atoms with Crippen LogP contribution in [0.2, 0.25) is 0 Å². The first-order chi connectivity index (χ1) is 59.0. The number of nitrogens with zero attached hydrogens (tertiary/aromatic N) is 5. The number of fused-ring (bicyclic) bond motifs is 4. The van der Waals surface area contributed by atoms with E-state index in [1.54, 1.807) is 0 Å². The fraction of sp³-hybridized carbons (Fsp3) is 0.0182. The van der Waals surface area contributed by atoms with Gasteiger partial charge >= 0.3 is 0 Å². The summed E-state index contributed by atoms with van der Waals surface area (Å²) in [7, 11) is 0. The zero-order valence-corrected chi connectivity index (χ0v) is 67.6. The number of rotatable bonds is 19. The number of benzene rings is 18. The van der Waals surface area contributed by atoms with Crippen molar-refractivity contribution in [2.24, 2.45) is 0 Å². The van der Waals surface area contributed by atoms with Gasteiger partial charge in [-0.1, -0.05) is 338 Å². The standard InChI is InChI=1S/C54H40BN3O.C37H30N2.C18H12BBrO.CH4.B/c1-7-21-41(22-8-1)55-51-33-19-20-34-53(51)59-54-40-47(35-36-52(54)55)58(46-31-17-6-18-32-46)50-38-48(56(42-23-9-2-10-24-42)43-25-11-3-12-26-43)37-49(39-50)57(44-27-13-4-14-28-44)45-29-15-5-16-30-45;1-6-16-30(17-7-1)26-31-27-36(38(32-18-8-2-9-19-32)33-20-10-3-11-21-33)29-37(28-31)39(34-22-12-4-13-23-34)35-24-14-5-15-25-35;20-14-10-11-16-18(12-14)21-17-9-5-4-8-15(17)19(16)13-6-2-1-3-7-13;;/h1-40H;1-25,27-29H,26H2;1-12H;1H4;. The third kappa shape index (κ3) is 18.1. The lowest BCUT2D eigenvalue weighted by molar-refractivity contribution is 0.487. The van der Waals surface area contributed by atoms with E-state index < -0.39 is 0 Å². The molecule has 2 heterocycles. The molecule has 121 heavy (non-hydrogen) atoms. The van der Waals surface area contributed by atoms with Gasteiger partial charge in [0, 0.05) is 87.2 Å². The molecule has 18 aromatic carbocycles. The van der Waals surface area contributed by atoms with Crippen LogP contribution >= 0.6 is 15.9 Å². The van der Waals surface area contributed by atoms with Crippen LogP contribution in [0.3, 0.4) is 0 Å². The van der Waals surface area contributed by atoms with Gasteiger partial charge in [-0.05, 0) is 215 Å². The van der Waals surface area contributed by atoms with E-state index in [9.17, 15) is 0 Å². The predicted molar refractivity (Wildman–Crippen MR) is 517 cm³/mol. The second kappa shape index (κ2) is 38.1. The zero-order chi connectivity index (χ0) is 79.9. The molecule has 0 unspecified atom stereocenters. The Morgan fingerprint density at radius 3 is 0.727 bits per heavy atom. The number of para-hydroxylation sites is 11. The first-order valence-electron chi connectivity index (χ1n) is 40.3. The quantitative estimate of drug-likeness (QED) is 0.0747. The van der Waals surface area contributed by atoms with Gasteiger partial charge in [0.25, 0.3) is 13.4 Å². The molecular formula is C110H86B3BrN5O2. The Morgan fingerprint density at radius 2 is 0.421 bits per heavy atom. The lowest BCUT2D eigenvalue weighted by Crippen LogP contribution is -2.54. The molecule has 0 atom stereocenters. The van der Waals surface area contributed by atoms with Crippen molar-refractivity contribution < 1.29 is 9.47 Å². The molecule has 0 fully saturated rings. The first-order valence-corrected chi connectivity index (χ1v) is 41.1. The van der Waals surface area contributed by atoms with Crippen LogP contribution in [0, 0.1) is 0 Å². The molecule has 0 N–H and O–H groups in total. The Hall–Kier alpha value is -14.8. The SMILES string of the molecule is Brc1ccc2c(c1)Oc1ccccc1B2c1ccccc1.C.[B].c1ccc(B2c3ccccc3Oc3cc(N(c4ccccc4)c4cc(N(c5ccccc5)c5ccccc5)cc(N(c5ccccc5)c5ccccc5)c4)ccc32)cc1.c1ccc(Cc2cc(N(c3ccccc3)c3ccccc3)cc(N(c3ccccc3)c3ccccc3)c2)cc1. The van der Waals surface area contributed by atoms with Crippen molar-refractivity contribution in [2.75, 3.05) is 24.5 Å². The third-order valence-corrected chi connectivity index (χ3v) is 22.0. The predicted octanol–water partition coefficient (Wildman–Crippen LogP) is 26.3. The first kappa shape index (κ1) is 80.0. The van der Waals surface area contributed by atoms with E-state index in [0.29, 0.717) is 0 Å². The number of ether oxygens (including phenoxy) is 2. The minimum Gasteiger partial charge on any atom is -0.458 e. The average Bonchev–Trinajstić information content (AvgIpc) is 0.755. The molecule has 7 nitrogen and oxygen atoms in total. The number of hydrogen-bond donors (Lipinski definition) is 0. The van der Waals surface area contributed by atoms with Crippen molar-refractivity contribution in [3.8, 4) is 23.0 Å². The fourth-order valence-electron chi connectivity index (χ4n) is 16.3. The number of hydrogen-bond acceptors (Lipinski definition) is 7. The Morgan fingerprint density at radius 1 is 0.190 bits per heavy atom. The van der Waals surface area contributed by atoms with Crippen molar-refractivity contribution in [1.29, 1.82) is 0 Å². The molecule has 3 radical (unpaired) electrons. The monoisotopic (exact) mass is 1620 g/mol. The highest BCUT2D eigenvalue weighted by Gasteiger charge is 2.35. The van der Waals surface area contributed by atoms with Gasteiger partial charge in [-0.3, -0.25) is 0 Å². The molecule has 0 saturated carbocycles. The summed E-state index contributed by atoms with van der Waals surface area (Å²) in [6.45, 7) is 0.264. The highest BCUT2D eigenvalue weighted by Crippen LogP contribution is 2.48. The van der Waals surface area contributed by atoms with Gasteiger partial charge in [0.1, 0.15) is 23.0 Å². The average molecular weight is 1620 g/mol. The maximum Gasteiger partial charge on any atom is 0.250 e. The Balaban J connectivity index is 0.000000150. The van der Waals surface area contributed by atoms with E-state index in [1.165, 1.54) is 38.4 Å². The Bertz CT molecular complexity index is 6010. The molecular weight excluding hydrogens is 1540 g/mol. The molecule has 0 aliphatic carbocycles. The molecule has 0 amide bonds. The highest BCUT2D eigenvalue weighted by atomic mass is 79.9. The largest absolute Gasteiger partial charge is 0.458 e. The fourth-order valence-corrected chi connectivity index (χ4v) is 16.6. The summed E-state index contributed by atoms with van der Waals surface area (Å²) >= 11 is 3.53. The topological polar surface area (TPSA) is 34.7 Å². The summed E-state index contributed by atoms with van der Waals surface area (Å²) in [6, 6.07) is 171. The van der Waals surface area contributed by atoms with Crippen LogP contribution in [0.1, 0.15) is 18.6 Å². The van der Waals surface area contributed by atoms with E-state index in [-0.39, 0.29) is 29.3 Å².